The maximum absolute atomic E-state index is 12.6. The third-order valence-electron chi connectivity index (χ3n) is 4.38. The number of fused-ring (bicyclic) bond motifs is 5. The van der Waals surface area contributed by atoms with E-state index < -0.39 is 0 Å². The summed E-state index contributed by atoms with van der Waals surface area (Å²) in [6.45, 7) is 0.337. The summed E-state index contributed by atoms with van der Waals surface area (Å²) in [6.07, 6.45) is 0. The summed E-state index contributed by atoms with van der Waals surface area (Å²) < 4.78 is 3.65. The monoisotopic (exact) mass is 332 g/mol. The molecule has 4 aromatic rings. The van der Waals surface area contributed by atoms with E-state index >= 15 is 0 Å². The van der Waals surface area contributed by atoms with E-state index in [1.807, 2.05) is 59.2 Å². The van der Waals surface area contributed by atoms with E-state index in [-0.39, 0.29) is 11.3 Å². The fraction of sp³-hybridized carbons (Fsp3) is 0.0526. The van der Waals surface area contributed by atoms with Crippen LogP contribution in [-0.2, 0) is 6.54 Å². The van der Waals surface area contributed by atoms with Crippen LogP contribution in [-0.4, -0.2) is 14.7 Å². The number of benzene rings is 2. The van der Waals surface area contributed by atoms with E-state index in [1.54, 1.807) is 0 Å². The maximum Gasteiger partial charge on any atom is 0.291 e. The van der Waals surface area contributed by atoms with Gasteiger partial charge in [-0.2, -0.15) is 4.98 Å². The number of allylic oxidation sites excluding steroid dienone is 1. The van der Waals surface area contributed by atoms with Crippen LogP contribution in [0.15, 0.2) is 65.2 Å². The molecule has 2 aromatic heterocycles. The number of aromatic nitrogens is 2. The Morgan fingerprint density at radius 2 is 1.79 bits per heavy atom. The SMILES string of the molecule is O=c1nc2n(c3c1sc1ccccc13)CC(O)=C2c1ccccc1. The number of nitrogens with zero attached hydrogens (tertiary/aromatic N) is 2. The first-order valence-electron chi connectivity index (χ1n) is 7.64. The van der Waals surface area contributed by atoms with Crippen molar-refractivity contribution in [2.45, 2.75) is 6.54 Å². The van der Waals surface area contributed by atoms with Gasteiger partial charge in [0.1, 0.15) is 16.3 Å². The van der Waals surface area contributed by atoms with E-state index in [0.29, 0.717) is 22.6 Å². The predicted octanol–water partition coefficient (Wildman–Crippen LogP) is 3.94. The highest BCUT2D eigenvalue weighted by Gasteiger charge is 2.27. The molecule has 0 spiro atoms. The molecule has 0 saturated heterocycles. The smallest absolute Gasteiger partial charge is 0.291 e. The second-order valence-corrected chi connectivity index (χ2v) is 6.84. The summed E-state index contributed by atoms with van der Waals surface area (Å²) in [6, 6.07) is 17.5. The predicted molar refractivity (Wildman–Crippen MR) is 96.5 cm³/mol. The van der Waals surface area contributed by atoms with Crippen molar-refractivity contribution in [1.29, 1.82) is 0 Å². The lowest BCUT2D eigenvalue weighted by molar-refractivity contribution is 0.389. The normalized spacial score (nSPS) is 13.8. The molecule has 1 aliphatic heterocycles. The number of hydrogen-bond acceptors (Lipinski definition) is 4. The van der Waals surface area contributed by atoms with Gasteiger partial charge in [0.2, 0.25) is 0 Å². The first-order valence-corrected chi connectivity index (χ1v) is 8.45. The molecule has 3 heterocycles. The third-order valence-corrected chi connectivity index (χ3v) is 5.53. The van der Waals surface area contributed by atoms with Gasteiger partial charge in [-0.05, 0) is 11.6 Å². The fourth-order valence-corrected chi connectivity index (χ4v) is 4.45. The van der Waals surface area contributed by atoms with Crippen LogP contribution in [0.2, 0.25) is 0 Å². The van der Waals surface area contributed by atoms with Crippen molar-refractivity contribution in [3.05, 3.63) is 82.1 Å². The van der Waals surface area contributed by atoms with Gasteiger partial charge >= 0.3 is 0 Å². The standard InChI is InChI=1S/C19H12N2O2S/c22-13-10-21-16-12-8-4-5-9-14(12)24-17(16)19(23)20-18(21)15(13)11-6-2-1-3-7-11/h1-9,22H,10H2. The van der Waals surface area contributed by atoms with E-state index in [9.17, 15) is 9.90 Å². The summed E-state index contributed by atoms with van der Waals surface area (Å²) in [5.41, 5.74) is 2.14. The molecule has 0 atom stereocenters. The van der Waals surface area contributed by atoms with Gasteiger partial charge in [0.05, 0.1) is 17.6 Å². The Morgan fingerprint density at radius 3 is 2.62 bits per heavy atom. The zero-order valence-electron chi connectivity index (χ0n) is 12.6. The van der Waals surface area contributed by atoms with Gasteiger partial charge in [-0.3, -0.25) is 4.79 Å². The van der Waals surface area contributed by atoms with Crippen molar-refractivity contribution >= 4 is 37.2 Å². The van der Waals surface area contributed by atoms with Crippen molar-refractivity contribution in [2.24, 2.45) is 0 Å². The second kappa shape index (κ2) is 4.79. The highest BCUT2D eigenvalue weighted by molar-refractivity contribution is 7.25. The third kappa shape index (κ3) is 1.73. The van der Waals surface area contributed by atoms with Gasteiger partial charge < -0.3 is 9.67 Å². The number of aliphatic hydroxyl groups is 1. The number of hydrogen-bond donors (Lipinski definition) is 1. The van der Waals surface area contributed by atoms with Gasteiger partial charge in [0, 0.05) is 10.1 Å². The zero-order chi connectivity index (χ0) is 16.3. The molecule has 0 aliphatic carbocycles. The van der Waals surface area contributed by atoms with Crippen LogP contribution in [0, 0.1) is 0 Å². The topological polar surface area (TPSA) is 55.1 Å². The molecule has 24 heavy (non-hydrogen) atoms. The molecule has 0 unspecified atom stereocenters. The minimum Gasteiger partial charge on any atom is -0.510 e. The Morgan fingerprint density at radius 1 is 1.04 bits per heavy atom. The highest BCUT2D eigenvalue weighted by atomic mass is 32.1. The molecule has 2 aromatic carbocycles. The molecule has 1 aliphatic rings. The van der Waals surface area contributed by atoms with Gasteiger partial charge in [-0.15, -0.1) is 11.3 Å². The average Bonchev–Trinajstić information content (AvgIpc) is 3.14. The lowest BCUT2D eigenvalue weighted by atomic mass is 10.1. The molecule has 0 radical (unpaired) electrons. The molecule has 1 N–H and O–H groups in total. The van der Waals surface area contributed by atoms with Gasteiger partial charge in [0.15, 0.2) is 0 Å². The van der Waals surface area contributed by atoms with E-state index in [4.69, 9.17) is 0 Å². The van der Waals surface area contributed by atoms with E-state index in [2.05, 4.69) is 4.98 Å². The minimum absolute atomic E-state index is 0.236. The Balaban J connectivity index is 1.90. The summed E-state index contributed by atoms with van der Waals surface area (Å²) in [5.74, 6) is 0.788. The summed E-state index contributed by atoms with van der Waals surface area (Å²) in [5, 5.41) is 11.6. The zero-order valence-corrected chi connectivity index (χ0v) is 13.4. The maximum atomic E-state index is 12.6. The minimum atomic E-state index is -0.236. The highest BCUT2D eigenvalue weighted by Crippen LogP contribution is 2.37. The van der Waals surface area contributed by atoms with Crippen LogP contribution in [0.4, 0.5) is 0 Å². The van der Waals surface area contributed by atoms with Crippen LogP contribution in [0.5, 0.6) is 0 Å². The summed E-state index contributed by atoms with van der Waals surface area (Å²) in [7, 11) is 0. The molecule has 5 rings (SSSR count). The Bertz CT molecular complexity index is 1200. The molecule has 5 heteroatoms. The number of aliphatic hydroxyl groups excluding tert-OH is 1. The van der Waals surface area contributed by atoms with Crippen LogP contribution >= 0.6 is 11.3 Å². The van der Waals surface area contributed by atoms with E-state index in [1.165, 1.54) is 11.3 Å². The van der Waals surface area contributed by atoms with Crippen LogP contribution in [0.25, 0.3) is 25.9 Å². The van der Waals surface area contributed by atoms with Gasteiger partial charge in [-0.1, -0.05) is 48.5 Å². The summed E-state index contributed by atoms with van der Waals surface area (Å²) in [4.78, 5) is 16.9. The van der Waals surface area contributed by atoms with Crippen molar-refractivity contribution in [2.75, 3.05) is 0 Å². The lowest BCUT2D eigenvalue weighted by Crippen LogP contribution is -2.14. The van der Waals surface area contributed by atoms with Crippen molar-refractivity contribution < 1.29 is 5.11 Å². The Kier molecular flexibility index (Phi) is 2.69. The molecular weight excluding hydrogens is 320 g/mol. The average molecular weight is 332 g/mol. The summed E-state index contributed by atoms with van der Waals surface area (Å²) >= 11 is 1.46. The molecule has 0 amide bonds. The van der Waals surface area contributed by atoms with Crippen LogP contribution in [0.1, 0.15) is 11.4 Å². The van der Waals surface area contributed by atoms with E-state index in [0.717, 1.165) is 21.2 Å². The first-order chi connectivity index (χ1) is 11.7. The van der Waals surface area contributed by atoms with Crippen molar-refractivity contribution in [1.82, 2.24) is 9.55 Å². The largest absolute Gasteiger partial charge is 0.510 e. The van der Waals surface area contributed by atoms with Crippen LogP contribution in [0.3, 0.4) is 0 Å². The molecule has 116 valence electrons. The number of thiophene rings is 1. The quantitative estimate of drug-likeness (QED) is 0.574. The number of rotatable bonds is 1. The first kappa shape index (κ1) is 13.5. The van der Waals surface area contributed by atoms with Gasteiger partial charge in [0.25, 0.3) is 5.56 Å². The lowest BCUT2D eigenvalue weighted by Gasteiger charge is -2.07. The molecule has 0 fully saturated rings. The van der Waals surface area contributed by atoms with Crippen molar-refractivity contribution in [3.63, 3.8) is 0 Å². The molecule has 0 saturated carbocycles. The van der Waals surface area contributed by atoms with Gasteiger partial charge in [-0.25, -0.2) is 0 Å². The Hall–Kier alpha value is -2.92. The molecular formula is C19H12N2O2S. The van der Waals surface area contributed by atoms with Crippen LogP contribution < -0.4 is 5.56 Å². The fourth-order valence-electron chi connectivity index (χ4n) is 3.36. The second-order valence-electron chi connectivity index (χ2n) is 5.79. The molecule has 4 nitrogen and oxygen atoms in total. The molecule has 0 bridgehead atoms. The Labute approximate surface area is 140 Å². The van der Waals surface area contributed by atoms with Crippen molar-refractivity contribution in [3.8, 4) is 0 Å².